The zero-order chi connectivity index (χ0) is 13.5. The van der Waals surface area contributed by atoms with Gasteiger partial charge in [-0.15, -0.1) is 0 Å². The lowest BCUT2D eigenvalue weighted by atomic mass is 10.1. The van der Waals surface area contributed by atoms with Crippen LogP contribution in [-0.4, -0.2) is 16.0 Å². The molecular weight excluding hydrogens is 234 g/mol. The molecule has 0 aliphatic rings. The Balaban J connectivity index is 2.08. The maximum atomic E-state index is 9.29. The molecule has 1 atom stereocenters. The fourth-order valence-corrected chi connectivity index (χ4v) is 2.07. The Morgan fingerprint density at radius 3 is 1.68 bits per heavy atom. The quantitative estimate of drug-likeness (QED) is 0.851. The third-order valence-electron chi connectivity index (χ3n) is 3.25. The van der Waals surface area contributed by atoms with Gasteiger partial charge < -0.3 is 5.11 Å². The second kappa shape index (κ2) is 7.07. The highest BCUT2D eigenvalue weighted by molar-refractivity contribution is 5.17. The van der Waals surface area contributed by atoms with E-state index in [9.17, 15) is 5.11 Å². The first-order valence-corrected chi connectivity index (χ1v) is 6.59. The van der Waals surface area contributed by atoms with E-state index < -0.39 is 0 Å². The van der Waals surface area contributed by atoms with Gasteiger partial charge >= 0.3 is 0 Å². The molecule has 0 heterocycles. The molecule has 99 valence electrons. The first kappa shape index (κ1) is 13.8. The van der Waals surface area contributed by atoms with Crippen LogP contribution in [0.15, 0.2) is 60.7 Å². The van der Waals surface area contributed by atoms with Gasteiger partial charge in [0.2, 0.25) is 0 Å². The molecule has 0 bridgehead atoms. The highest BCUT2D eigenvalue weighted by Crippen LogP contribution is 2.14. The normalized spacial score (nSPS) is 12.6. The molecule has 2 rings (SSSR count). The summed E-state index contributed by atoms with van der Waals surface area (Å²) in [7, 11) is 0. The molecule has 2 aromatic carbocycles. The van der Waals surface area contributed by atoms with Crippen LogP contribution in [0.1, 0.15) is 18.1 Å². The predicted octanol–water partition coefficient (Wildman–Crippen LogP) is 3.61. The zero-order valence-corrected chi connectivity index (χ0v) is 11.2. The minimum atomic E-state index is 0.0282. The first-order chi connectivity index (χ1) is 9.29. The second-order valence-corrected chi connectivity index (χ2v) is 4.77. The Kier molecular flexibility index (Phi) is 5.13. The number of nitrogens with zero attached hydrogens (tertiary/aromatic N) is 1. The molecule has 0 saturated carbocycles. The van der Waals surface area contributed by atoms with E-state index in [1.807, 2.05) is 43.3 Å². The van der Waals surface area contributed by atoms with Crippen molar-refractivity contribution in [3.8, 4) is 0 Å². The van der Waals surface area contributed by atoms with Gasteiger partial charge in [0.25, 0.3) is 0 Å². The van der Waals surface area contributed by atoms with Crippen molar-refractivity contribution in [1.29, 1.82) is 0 Å². The topological polar surface area (TPSA) is 23.5 Å². The van der Waals surface area contributed by atoms with E-state index in [-0.39, 0.29) is 6.04 Å². The fourth-order valence-electron chi connectivity index (χ4n) is 2.07. The van der Waals surface area contributed by atoms with Gasteiger partial charge in [-0.2, -0.15) is 0 Å². The molecule has 0 aliphatic heterocycles. The molecule has 1 unspecified atom stereocenters. The minimum Gasteiger partial charge on any atom is -0.389 e. The summed E-state index contributed by atoms with van der Waals surface area (Å²) >= 11 is 0. The van der Waals surface area contributed by atoms with Crippen LogP contribution in [0.3, 0.4) is 0 Å². The largest absolute Gasteiger partial charge is 0.389 e. The molecule has 1 radical (unpaired) electrons. The van der Waals surface area contributed by atoms with Gasteiger partial charge in [0.15, 0.2) is 0 Å². The van der Waals surface area contributed by atoms with Gasteiger partial charge in [-0.25, -0.2) is 0 Å². The maximum Gasteiger partial charge on any atom is 0.0966 e. The summed E-state index contributed by atoms with van der Waals surface area (Å²) in [6.45, 7) is 4.92. The number of aliphatic hydroxyl groups excluding tert-OH is 1. The van der Waals surface area contributed by atoms with Crippen LogP contribution < -0.4 is 0 Å². The lowest BCUT2D eigenvalue weighted by molar-refractivity contribution is 0.164. The van der Waals surface area contributed by atoms with E-state index in [0.29, 0.717) is 0 Å². The van der Waals surface area contributed by atoms with Gasteiger partial charge in [0.1, 0.15) is 0 Å². The smallest absolute Gasteiger partial charge is 0.0966 e. The van der Waals surface area contributed by atoms with E-state index in [1.54, 1.807) is 0 Å². The van der Waals surface area contributed by atoms with E-state index in [0.717, 1.165) is 13.1 Å². The zero-order valence-electron chi connectivity index (χ0n) is 11.2. The summed E-state index contributed by atoms with van der Waals surface area (Å²) in [5.74, 6) is 0. The molecule has 0 aliphatic carbocycles. The lowest BCUT2D eigenvalue weighted by Crippen LogP contribution is -2.32. The third-order valence-corrected chi connectivity index (χ3v) is 3.25. The minimum absolute atomic E-state index is 0.0282. The van der Waals surface area contributed by atoms with Crippen LogP contribution in [0.4, 0.5) is 0 Å². The van der Waals surface area contributed by atoms with Crippen molar-refractivity contribution in [3.63, 3.8) is 0 Å². The molecule has 2 nitrogen and oxygen atoms in total. The lowest BCUT2D eigenvalue weighted by Gasteiger charge is -2.27. The van der Waals surface area contributed by atoms with Crippen molar-refractivity contribution in [2.45, 2.75) is 26.1 Å². The SMILES string of the molecule is CC([CH]O)N(Cc1ccccc1)Cc1ccccc1. The maximum absolute atomic E-state index is 9.29. The molecule has 0 spiro atoms. The van der Waals surface area contributed by atoms with Crippen molar-refractivity contribution in [1.82, 2.24) is 4.90 Å². The standard InChI is InChI=1S/C17H20NO/c1-15(14-19)18(12-16-8-4-2-5-9-16)13-17-10-6-3-7-11-17/h2-11,14-15,19H,12-13H2,1H3. The predicted molar refractivity (Wildman–Crippen MR) is 77.8 cm³/mol. The van der Waals surface area contributed by atoms with Crippen LogP contribution in [0, 0.1) is 6.61 Å². The summed E-state index contributed by atoms with van der Waals surface area (Å²) in [4.78, 5) is 2.24. The summed E-state index contributed by atoms with van der Waals surface area (Å²) in [5.41, 5.74) is 2.51. The number of rotatable bonds is 6. The van der Waals surface area contributed by atoms with Gasteiger partial charge in [0, 0.05) is 19.1 Å². The summed E-state index contributed by atoms with van der Waals surface area (Å²) in [5, 5.41) is 9.29. The molecule has 2 aromatic rings. The van der Waals surface area contributed by atoms with Crippen LogP contribution in [-0.2, 0) is 13.1 Å². The molecule has 1 N–H and O–H groups in total. The number of benzene rings is 2. The van der Waals surface area contributed by atoms with Crippen molar-refractivity contribution in [3.05, 3.63) is 78.4 Å². The van der Waals surface area contributed by atoms with Crippen molar-refractivity contribution < 1.29 is 5.11 Å². The second-order valence-electron chi connectivity index (χ2n) is 4.77. The van der Waals surface area contributed by atoms with Crippen LogP contribution in [0.25, 0.3) is 0 Å². The summed E-state index contributed by atoms with van der Waals surface area (Å²) < 4.78 is 0. The van der Waals surface area contributed by atoms with Crippen molar-refractivity contribution >= 4 is 0 Å². The van der Waals surface area contributed by atoms with Gasteiger partial charge in [0.05, 0.1) is 6.61 Å². The van der Waals surface area contributed by atoms with E-state index in [2.05, 4.69) is 29.2 Å². The van der Waals surface area contributed by atoms with Gasteiger partial charge in [-0.3, -0.25) is 4.90 Å². The molecule has 0 amide bonds. The Morgan fingerprint density at radius 1 is 0.895 bits per heavy atom. The van der Waals surface area contributed by atoms with E-state index >= 15 is 0 Å². The molecule has 19 heavy (non-hydrogen) atoms. The highest BCUT2D eigenvalue weighted by atomic mass is 16.3. The molecule has 2 heteroatoms. The highest BCUT2D eigenvalue weighted by Gasteiger charge is 2.14. The third kappa shape index (κ3) is 4.19. The van der Waals surface area contributed by atoms with E-state index in [4.69, 9.17) is 0 Å². The number of aliphatic hydroxyl groups is 1. The molecule has 0 fully saturated rings. The number of hydrogen-bond donors (Lipinski definition) is 1. The van der Waals surface area contributed by atoms with Crippen molar-refractivity contribution in [2.24, 2.45) is 0 Å². The number of hydrogen-bond acceptors (Lipinski definition) is 2. The fraction of sp³-hybridized carbons (Fsp3) is 0.235. The van der Waals surface area contributed by atoms with Gasteiger partial charge in [-0.05, 0) is 18.1 Å². The Hall–Kier alpha value is -1.64. The molecule has 0 aromatic heterocycles. The Bertz CT molecular complexity index is 428. The van der Waals surface area contributed by atoms with Crippen LogP contribution >= 0.6 is 0 Å². The monoisotopic (exact) mass is 254 g/mol. The molecule has 0 saturated heterocycles. The molecular formula is C17H20NO. The first-order valence-electron chi connectivity index (χ1n) is 6.59. The summed E-state index contributed by atoms with van der Waals surface area (Å²) in [6.07, 6.45) is 0. The summed E-state index contributed by atoms with van der Waals surface area (Å²) in [6, 6.07) is 20.7. The van der Waals surface area contributed by atoms with Crippen molar-refractivity contribution in [2.75, 3.05) is 0 Å². The average molecular weight is 254 g/mol. The van der Waals surface area contributed by atoms with Gasteiger partial charge in [-0.1, -0.05) is 60.7 Å². The van der Waals surface area contributed by atoms with Crippen LogP contribution in [0.2, 0.25) is 0 Å². The van der Waals surface area contributed by atoms with Crippen LogP contribution in [0.5, 0.6) is 0 Å². The Morgan fingerprint density at radius 2 is 1.32 bits per heavy atom. The van der Waals surface area contributed by atoms with E-state index in [1.165, 1.54) is 17.7 Å². The Labute approximate surface area is 115 Å². The average Bonchev–Trinajstić information content (AvgIpc) is 2.48.